The van der Waals surface area contributed by atoms with Crippen molar-refractivity contribution >= 4 is 16.9 Å². The van der Waals surface area contributed by atoms with Gasteiger partial charge in [-0.05, 0) is 28.8 Å². The first-order valence-electron chi connectivity index (χ1n) is 8.09. The zero-order valence-corrected chi connectivity index (χ0v) is 13.6. The van der Waals surface area contributed by atoms with Crippen LogP contribution in [0.4, 0.5) is 4.79 Å². The molecule has 0 fully saturated rings. The number of aromatic nitrogens is 2. The number of unbranched alkanes of at least 4 members (excludes halogenated alkanes) is 1. The van der Waals surface area contributed by atoms with Crippen molar-refractivity contribution in [2.75, 3.05) is 6.61 Å². The number of benzene rings is 2. The molecule has 24 heavy (non-hydrogen) atoms. The van der Waals surface area contributed by atoms with E-state index in [1.165, 1.54) is 10.8 Å². The van der Waals surface area contributed by atoms with Gasteiger partial charge in [-0.15, -0.1) is 0 Å². The Kier molecular flexibility index (Phi) is 5.11. The molecule has 0 N–H and O–H groups in total. The van der Waals surface area contributed by atoms with Crippen LogP contribution in [0.2, 0.25) is 0 Å². The molecule has 2 aromatic carbocycles. The molecule has 0 spiro atoms. The van der Waals surface area contributed by atoms with E-state index in [0.717, 1.165) is 18.4 Å². The standard InChI is InChI=1S/C19H20N2O3/c1-2-3-12-23-19(22)24-18-20-10-11-21(18)14-15-8-9-16-6-4-5-7-17(16)13-15/h4-11,13H,2-3,12,14H2,1H3. The molecule has 0 aliphatic rings. The van der Waals surface area contributed by atoms with E-state index in [1.807, 2.05) is 19.1 Å². The molecular weight excluding hydrogens is 304 g/mol. The smallest absolute Gasteiger partial charge is 0.434 e. The Labute approximate surface area is 140 Å². The van der Waals surface area contributed by atoms with Crippen molar-refractivity contribution in [2.45, 2.75) is 26.3 Å². The van der Waals surface area contributed by atoms with Crippen LogP contribution in [0.25, 0.3) is 10.8 Å². The van der Waals surface area contributed by atoms with Gasteiger partial charge in [-0.3, -0.25) is 4.57 Å². The van der Waals surface area contributed by atoms with Crippen molar-refractivity contribution < 1.29 is 14.3 Å². The minimum atomic E-state index is -0.714. The lowest BCUT2D eigenvalue weighted by Gasteiger charge is -2.09. The number of hydrogen-bond donors (Lipinski definition) is 0. The fourth-order valence-electron chi connectivity index (χ4n) is 2.46. The van der Waals surface area contributed by atoms with Crippen molar-refractivity contribution in [1.82, 2.24) is 9.55 Å². The zero-order valence-electron chi connectivity index (χ0n) is 13.6. The van der Waals surface area contributed by atoms with Crippen LogP contribution < -0.4 is 4.74 Å². The lowest BCUT2D eigenvalue weighted by Crippen LogP contribution is -2.14. The number of fused-ring (bicyclic) bond motifs is 1. The van der Waals surface area contributed by atoms with Crippen LogP contribution in [0.15, 0.2) is 54.9 Å². The third kappa shape index (κ3) is 3.93. The van der Waals surface area contributed by atoms with E-state index in [9.17, 15) is 4.79 Å². The third-order valence-corrected chi connectivity index (χ3v) is 3.74. The van der Waals surface area contributed by atoms with Gasteiger partial charge in [0.1, 0.15) is 0 Å². The lowest BCUT2D eigenvalue weighted by molar-refractivity contribution is 0.0932. The molecular formula is C19H20N2O3. The number of hydrogen-bond acceptors (Lipinski definition) is 4. The van der Waals surface area contributed by atoms with Gasteiger partial charge < -0.3 is 9.47 Å². The molecule has 0 unspecified atom stereocenters. The van der Waals surface area contributed by atoms with Crippen LogP contribution in [0.3, 0.4) is 0 Å². The van der Waals surface area contributed by atoms with Gasteiger partial charge in [-0.25, -0.2) is 9.78 Å². The molecule has 0 saturated heterocycles. The molecule has 124 valence electrons. The predicted molar refractivity (Wildman–Crippen MR) is 92.2 cm³/mol. The second-order valence-electron chi connectivity index (χ2n) is 5.57. The summed E-state index contributed by atoms with van der Waals surface area (Å²) in [5.74, 6) is 0. The Bertz CT molecular complexity index is 826. The first-order chi connectivity index (χ1) is 11.8. The molecule has 5 heteroatoms. The van der Waals surface area contributed by atoms with E-state index in [1.54, 1.807) is 17.0 Å². The van der Waals surface area contributed by atoms with E-state index in [2.05, 4.69) is 35.3 Å². The number of rotatable bonds is 6. The molecule has 0 aliphatic carbocycles. The monoisotopic (exact) mass is 324 g/mol. The Hall–Kier alpha value is -2.82. The molecule has 0 amide bonds. The fraction of sp³-hybridized carbons (Fsp3) is 0.263. The zero-order chi connectivity index (χ0) is 16.8. The number of nitrogens with zero attached hydrogens (tertiary/aromatic N) is 2. The Balaban J connectivity index is 1.69. The second kappa shape index (κ2) is 7.64. The Morgan fingerprint density at radius 3 is 2.83 bits per heavy atom. The van der Waals surface area contributed by atoms with E-state index in [0.29, 0.717) is 13.2 Å². The highest BCUT2D eigenvalue weighted by molar-refractivity contribution is 5.82. The van der Waals surface area contributed by atoms with Gasteiger partial charge in [-0.1, -0.05) is 49.7 Å². The van der Waals surface area contributed by atoms with Crippen molar-refractivity contribution in [3.63, 3.8) is 0 Å². The summed E-state index contributed by atoms with van der Waals surface area (Å²) < 4.78 is 12.0. The van der Waals surface area contributed by atoms with Crippen LogP contribution in [-0.4, -0.2) is 22.3 Å². The average Bonchev–Trinajstić information content (AvgIpc) is 3.02. The van der Waals surface area contributed by atoms with Gasteiger partial charge in [0.25, 0.3) is 0 Å². The van der Waals surface area contributed by atoms with Gasteiger partial charge in [-0.2, -0.15) is 0 Å². The van der Waals surface area contributed by atoms with Gasteiger partial charge >= 0.3 is 12.2 Å². The fourth-order valence-corrected chi connectivity index (χ4v) is 2.46. The largest absolute Gasteiger partial charge is 0.516 e. The van der Waals surface area contributed by atoms with Gasteiger partial charge in [0.2, 0.25) is 0 Å². The van der Waals surface area contributed by atoms with Crippen molar-refractivity contribution in [3.8, 4) is 6.01 Å². The normalized spacial score (nSPS) is 10.7. The topological polar surface area (TPSA) is 53.4 Å². The Morgan fingerprint density at radius 1 is 1.17 bits per heavy atom. The van der Waals surface area contributed by atoms with Crippen LogP contribution in [0, 0.1) is 0 Å². The summed E-state index contributed by atoms with van der Waals surface area (Å²) in [6.45, 7) is 2.97. The molecule has 0 aliphatic heterocycles. The maximum absolute atomic E-state index is 11.7. The molecule has 3 rings (SSSR count). The SMILES string of the molecule is CCCCOC(=O)Oc1nccn1Cc1ccc2ccccc2c1. The molecule has 3 aromatic rings. The highest BCUT2D eigenvalue weighted by atomic mass is 16.7. The van der Waals surface area contributed by atoms with E-state index >= 15 is 0 Å². The second-order valence-corrected chi connectivity index (χ2v) is 5.57. The van der Waals surface area contributed by atoms with Crippen LogP contribution in [0.1, 0.15) is 25.3 Å². The highest BCUT2D eigenvalue weighted by Crippen LogP contribution is 2.18. The van der Waals surface area contributed by atoms with E-state index in [4.69, 9.17) is 9.47 Å². The molecule has 0 bridgehead atoms. The number of ether oxygens (including phenoxy) is 2. The average molecular weight is 324 g/mol. The minimum Gasteiger partial charge on any atom is -0.434 e. The maximum Gasteiger partial charge on any atom is 0.516 e. The number of imidazole rings is 1. The van der Waals surface area contributed by atoms with Crippen LogP contribution in [-0.2, 0) is 11.3 Å². The molecule has 1 aromatic heterocycles. The van der Waals surface area contributed by atoms with Crippen LogP contribution >= 0.6 is 0 Å². The number of carbonyl (C=O) groups is 1. The Morgan fingerprint density at radius 2 is 2.00 bits per heavy atom. The van der Waals surface area contributed by atoms with E-state index < -0.39 is 6.16 Å². The first kappa shape index (κ1) is 16.1. The summed E-state index contributed by atoms with van der Waals surface area (Å²) in [5, 5.41) is 2.37. The summed E-state index contributed by atoms with van der Waals surface area (Å²) in [7, 11) is 0. The summed E-state index contributed by atoms with van der Waals surface area (Å²) in [5.41, 5.74) is 1.11. The molecule has 5 nitrogen and oxygen atoms in total. The lowest BCUT2D eigenvalue weighted by atomic mass is 10.1. The first-order valence-corrected chi connectivity index (χ1v) is 8.09. The van der Waals surface area contributed by atoms with Gasteiger partial charge in [0, 0.05) is 12.4 Å². The van der Waals surface area contributed by atoms with Gasteiger partial charge in [0.15, 0.2) is 0 Å². The van der Waals surface area contributed by atoms with Crippen molar-refractivity contribution in [1.29, 1.82) is 0 Å². The summed E-state index contributed by atoms with van der Waals surface area (Å²) in [6, 6.07) is 14.7. The summed E-state index contributed by atoms with van der Waals surface area (Å²) in [6.07, 6.45) is 4.46. The summed E-state index contributed by atoms with van der Waals surface area (Å²) >= 11 is 0. The number of carbonyl (C=O) groups excluding carboxylic acids is 1. The maximum atomic E-state index is 11.7. The van der Waals surface area contributed by atoms with Crippen molar-refractivity contribution in [3.05, 3.63) is 60.4 Å². The van der Waals surface area contributed by atoms with Gasteiger partial charge in [0.05, 0.1) is 13.2 Å². The predicted octanol–water partition coefficient (Wildman–Crippen LogP) is 4.40. The highest BCUT2D eigenvalue weighted by Gasteiger charge is 2.11. The van der Waals surface area contributed by atoms with Crippen LogP contribution in [0.5, 0.6) is 6.01 Å². The quantitative estimate of drug-likeness (QED) is 0.498. The third-order valence-electron chi connectivity index (χ3n) is 3.74. The summed E-state index contributed by atoms with van der Waals surface area (Å²) in [4.78, 5) is 15.7. The molecule has 1 heterocycles. The molecule has 0 saturated carbocycles. The van der Waals surface area contributed by atoms with Crippen molar-refractivity contribution in [2.24, 2.45) is 0 Å². The van der Waals surface area contributed by atoms with E-state index in [-0.39, 0.29) is 6.01 Å². The minimum absolute atomic E-state index is 0.240. The molecule has 0 radical (unpaired) electrons. The molecule has 0 atom stereocenters.